The minimum absolute atomic E-state index is 0.135. The van der Waals surface area contributed by atoms with Gasteiger partial charge in [-0.25, -0.2) is 13.8 Å². The zero-order valence-electron chi connectivity index (χ0n) is 8.59. The summed E-state index contributed by atoms with van der Waals surface area (Å²) in [5, 5.41) is 4.14. The monoisotopic (exact) mass is 232 g/mol. The van der Waals surface area contributed by atoms with E-state index in [1.165, 1.54) is 11.3 Å². The predicted octanol–water partition coefficient (Wildman–Crippen LogP) is 2.86. The third-order valence-electron chi connectivity index (χ3n) is 2.69. The summed E-state index contributed by atoms with van der Waals surface area (Å²) in [5.41, 5.74) is 0.496. The summed E-state index contributed by atoms with van der Waals surface area (Å²) in [5.74, 6) is 0.329. The van der Waals surface area contributed by atoms with Crippen LogP contribution in [0, 0.1) is 6.92 Å². The molecule has 0 aromatic carbocycles. The van der Waals surface area contributed by atoms with Gasteiger partial charge < -0.3 is 5.32 Å². The smallest absolute Gasteiger partial charge is 0.274 e. The third-order valence-corrected chi connectivity index (χ3v) is 4.02. The number of alkyl halides is 2. The standard InChI is InChI=1S/C10H14F2N2S/c1-6-8(9(11)12)15-10(14-6)7-3-2-4-13-5-7/h7,9,13H,2-5H2,1H3. The van der Waals surface area contributed by atoms with E-state index in [-0.39, 0.29) is 4.88 Å². The van der Waals surface area contributed by atoms with E-state index >= 15 is 0 Å². The maximum Gasteiger partial charge on any atom is 0.274 e. The van der Waals surface area contributed by atoms with Gasteiger partial charge in [0.25, 0.3) is 6.43 Å². The highest BCUT2D eigenvalue weighted by Gasteiger charge is 2.22. The number of nitrogens with one attached hydrogen (secondary N) is 1. The summed E-state index contributed by atoms with van der Waals surface area (Å²) in [4.78, 5) is 4.39. The molecule has 1 atom stereocenters. The fourth-order valence-corrected chi connectivity index (χ4v) is 2.93. The van der Waals surface area contributed by atoms with E-state index in [2.05, 4.69) is 10.3 Å². The average molecular weight is 232 g/mol. The number of hydrogen-bond acceptors (Lipinski definition) is 3. The summed E-state index contributed by atoms with van der Waals surface area (Å²) in [7, 11) is 0. The van der Waals surface area contributed by atoms with E-state index in [1.807, 2.05) is 0 Å². The van der Waals surface area contributed by atoms with Crippen LogP contribution in [0.15, 0.2) is 0 Å². The Balaban J connectivity index is 2.17. The Kier molecular flexibility index (Phi) is 3.31. The van der Waals surface area contributed by atoms with Crippen molar-refractivity contribution in [1.29, 1.82) is 0 Å². The average Bonchev–Trinajstić information content (AvgIpc) is 2.62. The SMILES string of the molecule is Cc1nc(C2CCCNC2)sc1C(F)F. The van der Waals surface area contributed by atoms with Crippen LogP contribution in [0.2, 0.25) is 0 Å². The van der Waals surface area contributed by atoms with Gasteiger partial charge in [-0.15, -0.1) is 11.3 Å². The number of nitrogens with zero attached hydrogens (tertiary/aromatic N) is 1. The number of aromatic nitrogens is 1. The first-order chi connectivity index (χ1) is 7.18. The van der Waals surface area contributed by atoms with Crippen LogP contribution in [0.5, 0.6) is 0 Å². The van der Waals surface area contributed by atoms with Crippen molar-refractivity contribution in [2.45, 2.75) is 32.1 Å². The third kappa shape index (κ3) is 2.34. The second-order valence-electron chi connectivity index (χ2n) is 3.85. The van der Waals surface area contributed by atoms with Gasteiger partial charge in [-0.3, -0.25) is 0 Å². The lowest BCUT2D eigenvalue weighted by molar-refractivity contribution is 0.154. The van der Waals surface area contributed by atoms with Gasteiger partial charge >= 0.3 is 0 Å². The van der Waals surface area contributed by atoms with Crippen molar-refractivity contribution < 1.29 is 8.78 Å². The first kappa shape index (κ1) is 11.0. The number of hydrogen-bond donors (Lipinski definition) is 1. The molecule has 0 bridgehead atoms. The topological polar surface area (TPSA) is 24.9 Å². The fraction of sp³-hybridized carbons (Fsp3) is 0.700. The van der Waals surface area contributed by atoms with Gasteiger partial charge in [0.15, 0.2) is 0 Å². The maximum absolute atomic E-state index is 12.6. The molecular formula is C10H14F2N2S. The molecule has 1 aliphatic rings. The van der Waals surface area contributed by atoms with Gasteiger partial charge in [0.05, 0.1) is 15.6 Å². The van der Waals surface area contributed by atoms with Gasteiger partial charge in [-0.05, 0) is 26.3 Å². The molecule has 1 aromatic heterocycles. The summed E-state index contributed by atoms with van der Waals surface area (Å²) >= 11 is 1.17. The molecule has 1 aliphatic heterocycles. The second kappa shape index (κ2) is 4.53. The molecule has 1 fully saturated rings. The Morgan fingerprint density at radius 2 is 2.33 bits per heavy atom. The molecule has 1 aromatic rings. The predicted molar refractivity (Wildman–Crippen MR) is 56.7 cm³/mol. The maximum atomic E-state index is 12.6. The van der Waals surface area contributed by atoms with Crippen LogP contribution in [-0.4, -0.2) is 18.1 Å². The normalized spacial score (nSPS) is 22.3. The fourth-order valence-electron chi connectivity index (χ4n) is 1.87. The zero-order valence-corrected chi connectivity index (χ0v) is 9.41. The molecule has 1 N–H and O–H groups in total. The summed E-state index contributed by atoms with van der Waals surface area (Å²) < 4.78 is 25.1. The van der Waals surface area contributed by atoms with Crippen LogP contribution in [0.4, 0.5) is 8.78 Å². The quantitative estimate of drug-likeness (QED) is 0.848. The van der Waals surface area contributed by atoms with Gasteiger partial charge in [-0.1, -0.05) is 0 Å². The van der Waals surface area contributed by atoms with Crippen LogP contribution in [-0.2, 0) is 0 Å². The molecule has 15 heavy (non-hydrogen) atoms. The number of halogens is 2. The van der Waals surface area contributed by atoms with Crippen LogP contribution in [0.25, 0.3) is 0 Å². The molecule has 0 spiro atoms. The van der Waals surface area contributed by atoms with Crippen molar-refractivity contribution in [3.8, 4) is 0 Å². The molecule has 2 rings (SSSR count). The number of aryl methyl sites for hydroxylation is 1. The first-order valence-electron chi connectivity index (χ1n) is 5.14. The van der Waals surface area contributed by atoms with E-state index in [1.54, 1.807) is 6.92 Å². The highest BCUT2D eigenvalue weighted by atomic mass is 32.1. The van der Waals surface area contributed by atoms with Crippen molar-refractivity contribution in [2.24, 2.45) is 0 Å². The second-order valence-corrected chi connectivity index (χ2v) is 4.91. The summed E-state index contributed by atoms with van der Waals surface area (Å²) in [6.45, 7) is 3.57. The van der Waals surface area contributed by atoms with Crippen LogP contribution in [0.1, 0.15) is 40.8 Å². The number of thiazole rings is 1. The van der Waals surface area contributed by atoms with Gasteiger partial charge in [0, 0.05) is 12.5 Å². The molecule has 0 amide bonds. The largest absolute Gasteiger partial charge is 0.316 e. The van der Waals surface area contributed by atoms with Gasteiger partial charge in [-0.2, -0.15) is 0 Å². The summed E-state index contributed by atoms with van der Waals surface area (Å²) in [6, 6.07) is 0. The Morgan fingerprint density at radius 3 is 2.87 bits per heavy atom. The highest BCUT2D eigenvalue weighted by molar-refractivity contribution is 7.11. The number of rotatable bonds is 2. The Bertz CT molecular complexity index is 332. The van der Waals surface area contributed by atoms with Crippen molar-refractivity contribution in [3.05, 3.63) is 15.6 Å². The van der Waals surface area contributed by atoms with Crippen LogP contribution >= 0.6 is 11.3 Å². The number of piperidine rings is 1. The molecule has 1 saturated heterocycles. The molecule has 2 heterocycles. The van der Waals surface area contributed by atoms with E-state index in [0.29, 0.717) is 11.6 Å². The highest BCUT2D eigenvalue weighted by Crippen LogP contribution is 2.34. The van der Waals surface area contributed by atoms with Crippen molar-refractivity contribution in [1.82, 2.24) is 10.3 Å². The van der Waals surface area contributed by atoms with Crippen molar-refractivity contribution in [2.75, 3.05) is 13.1 Å². The molecule has 0 saturated carbocycles. The lowest BCUT2D eigenvalue weighted by Gasteiger charge is -2.20. The van der Waals surface area contributed by atoms with E-state index in [4.69, 9.17) is 0 Å². The van der Waals surface area contributed by atoms with Crippen LogP contribution < -0.4 is 5.32 Å². The van der Waals surface area contributed by atoms with E-state index < -0.39 is 6.43 Å². The molecule has 0 aliphatic carbocycles. The summed E-state index contributed by atoms with van der Waals surface area (Å²) in [6.07, 6.45) is -0.219. The van der Waals surface area contributed by atoms with Crippen molar-refractivity contribution in [3.63, 3.8) is 0 Å². The minimum Gasteiger partial charge on any atom is -0.316 e. The minimum atomic E-state index is -2.38. The Hall–Kier alpha value is -0.550. The van der Waals surface area contributed by atoms with Crippen molar-refractivity contribution >= 4 is 11.3 Å². The van der Waals surface area contributed by atoms with Gasteiger partial charge in [0.1, 0.15) is 0 Å². The Morgan fingerprint density at radius 1 is 1.53 bits per heavy atom. The first-order valence-corrected chi connectivity index (χ1v) is 5.96. The lowest BCUT2D eigenvalue weighted by atomic mass is 10.0. The molecule has 0 radical (unpaired) electrons. The lowest BCUT2D eigenvalue weighted by Crippen LogP contribution is -2.28. The van der Waals surface area contributed by atoms with E-state index in [9.17, 15) is 8.78 Å². The molecule has 84 valence electrons. The van der Waals surface area contributed by atoms with Crippen LogP contribution in [0.3, 0.4) is 0 Å². The Labute approximate surface area is 91.7 Å². The zero-order chi connectivity index (χ0) is 10.8. The molecule has 2 nitrogen and oxygen atoms in total. The molecular weight excluding hydrogens is 218 g/mol. The molecule has 5 heteroatoms. The van der Waals surface area contributed by atoms with E-state index in [0.717, 1.165) is 30.9 Å². The molecule has 1 unspecified atom stereocenters. The van der Waals surface area contributed by atoms with Gasteiger partial charge in [0.2, 0.25) is 0 Å².